The molecule has 0 amide bonds. The molecule has 33 heavy (non-hydrogen) atoms. The maximum Gasteiger partial charge on any atom is 0.316 e. The van der Waals surface area contributed by atoms with Gasteiger partial charge in [0.2, 0.25) is 0 Å². The zero-order chi connectivity index (χ0) is 24.7. The van der Waals surface area contributed by atoms with Gasteiger partial charge in [-0.05, 0) is 43.9 Å². The van der Waals surface area contributed by atoms with E-state index in [2.05, 4.69) is 31.2 Å². The minimum absolute atomic E-state index is 0.0388. The summed E-state index contributed by atoms with van der Waals surface area (Å²) in [6.45, 7) is 5.62. The van der Waals surface area contributed by atoms with Crippen molar-refractivity contribution < 1.29 is 23.9 Å². The monoisotopic (exact) mass is 460 g/mol. The smallest absolute Gasteiger partial charge is 0.316 e. The highest BCUT2D eigenvalue weighted by atomic mass is 16.5. The number of ether oxygens (including phenoxy) is 1. The van der Waals surface area contributed by atoms with Crippen LogP contribution in [0.1, 0.15) is 104 Å². The summed E-state index contributed by atoms with van der Waals surface area (Å²) in [4.78, 5) is 50.0. The first kappa shape index (κ1) is 29.0. The number of hydrogen-bond acceptors (Lipinski definition) is 5. The predicted molar refractivity (Wildman–Crippen MR) is 132 cm³/mol. The maximum absolute atomic E-state index is 12.8. The Morgan fingerprint density at radius 3 is 2.09 bits per heavy atom. The lowest BCUT2D eigenvalue weighted by Gasteiger charge is -2.37. The van der Waals surface area contributed by atoms with Crippen LogP contribution in [-0.2, 0) is 23.9 Å². The fourth-order valence-electron chi connectivity index (χ4n) is 4.51. The highest BCUT2D eigenvalue weighted by Gasteiger charge is 2.53. The number of unbranched alkanes of at least 4 members (excludes halogenated alkanes) is 8. The molecule has 5 nitrogen and oxygen atoms in total. The summed E-state index contributed by atoms with van der Waals surface area (Å²) >= 11 is 0. The molecule has 0 N–H and O–H groups in total. The fourth-order valence-corrected chi connectivity index (χ4v) is 4.51. The van der Waals surface area contributed by atoms with E-state index in [1.165, 1.54) is 32.8 Å². The van der Waals surface area contributed by atoms with Crippen molar-refractivity contribution in [1.29, 1.82) is 0 Å². The first-order valence-corrected chi connectivity index (χ1v) is 12.7. The third-order valence-electron chi connectivity index (χ3n) is 6.44. The molecule has 1 saturated carbocycles. The molecule has 2 unspecified atom stereocenters. The molecule has 0 aromatic heterocycles. The Bertz CT molecular complexity index is 701. The van der Waals surface area contributed by atoms with Gasteiger partial charge in [-0.3, -0.25) is 19.2 Å². The zero-order valence-corrected chi connectivity index (χ0v) is 21.2. The van der Waals surface area contributed by atoms with E-state index >= 15 is 0 Å². The number of rotatable bonds is 16. The second kappa shape index (κ2) is 15.7. The van der Waals surface area contributed by atoms with Gasteiger partial charge in [0.15, 0.2) is 17.3 Å². The molecular weight excluding hydrogens is 416 g/mol. The number of hydrogen-bond donors (Lipinski definition) is 0. The van der Waals surface area contributed by atoms with Gasteiger partial charge in [-0.1, -0.05) is 77.2 Å². The summed E-state index contributed by atoms with van der Waals surface area (Å²) in [7, 11) is 1.22. The van der Waals surface area contributed by atoms with Crippen molar-refractivity contribution in [3.63, 3.8) is 0 Å². The van der Waals surface area contributed by atoms with Crippen LogP contribution in [0.3, 0.4) is 0 Å². The van der Waals surface area contributed by atoms with E-state index < -0.39 is 29.0 Å². The van der Waals surface area contributed by atoms with Gasteiger partial charge in [-0.25, -0.2) is 0 Å². The van der Waals surface area contributed by atoms with Crippen molar-refractivity contribution in [1.82, 2.24) is 0 Å². The largest absolute Gasteiger partial charge is 0.468 e. The Morgan fingerprint density at radius 2 is 1.48 bits per heavy atom. The number of carbonyl (C=O) groups is 4. The zero-order valence-electron chi connectivity index (χ0n) is 21.2. The highest BCUT2D eigenvalue weighted by molar-refractivity contribution is 6.25. The molecule has 0 heterocycles. The third kappa shape index (κ3) is 10.2. The van der Waals surface area contributed by atoms with Crippen molar-refractivity contribution in [2.24, 2.45) is 17.3 Å². The van der Waals surface area contributed by atoms with Crippen LogP contribution in [-0.4, -0.2) is 30.4 Å². The van der Waals surface area contributed by atoms with Gasteiger partial charge in [-0.15, -0.1) is 0 Å². The first-order valence-electron chi connectivity index (χ1n) is 12.7. The van der Waals surface area contributed by atoms with Gasteiger partial charge >= 0.3 is 5.97 Å². The van der Waals surface area contributed by atoms with Gasteiger partial charge in [-0.2, -0.15) is 0 Å². The van der Waals surface area contributed by atoms with Gasteiger partial charge in [0, 0.05) is 12.8 Å². The van der Waals surface area contributed by atoms with E-state index in [9.17, 15) is 19.2 Å². The molecule has 0 saturated heterocycles. The number of methoxy groups -OCH3 is 1. The SMILES string of the molecule is CCCCC/C=C\C/C=C\CCCCCCCC(=O)C1C(=O)CC(C)(C)C(C(=O)OC)C1=O. The van der Waals surface area contributed by atoms with Crippen LogP contribution in [0.4, 0.5) is 0 Å². The summed E-state index contributed by atoms with van der Waals surface area (Å²) in [5.41, 5.74) is -0.822. The van der Waals surface area contributed by atoms with Gasteiger partial charge in [0.05, 0.1) is 7.11 Å². The number of allylic oxidation sites excluding steroid dienone is 4. The summed E-state index contributed by atoms with van der Waals surface area (Å²) in [5, 5.41) is 0. The van der Waals surface area contributed by atoms with Crippen molar-refractivity contribution in [2.75, 3.05) is 7.11 Å². The molecule has 1 aliphatic carbocycles. The summed E-state index contributed by atoms with van der Waals surface area (Å²) < 4.78 is 4.76. The molecule has 1 fully saturated rings. The minimum atomic E-state index is -1.30. The Morgan fingerprint density at radius 1 is 0.909 bits per heavy atom. The first-order chi connectivity index (χ1) is 15.8. The van der Waals surface area contributed by atoms with Gasteiger partial charge < -0.3 is 4.74 Å². The molecule has 186 valence electrons. The second-order valence-corrected chi connectivity index (χ2v) is 9.87. The fraction of sp³-hybridized carbons (Fsp3) is 0.714. The van der Waals surface area contributed by atoms with Crippen LogP contribution in [0.15, 0.2) is 24.3 Å². The van der Waals surface area contributed by atoms with Crippen LogP contribution >= 0.6 is 0 Å². The maximum atomic E-state index is 12.8. The van der Waals surface area contributed by atoms with Crippen LogP contribution in [0.2, 0.25) is 0 Å². The molecular formula is C28H44O5. The van der Waals surface area contributed by atoms with Crippen LogP contribution in [0.25, 0.3) is 0 Å². The normalized spacial score (nSPS) is 20.6. The molecule has 0 radical (unpaired) electrons. The summed E-state index contributed by atoms with van der Waals surface area (Å²) in [6.07, 6.45) is 21.1. The highest BCUT2D eigenvalue weighted by Crippen LogP contribution is 2.40. The molecule has 1 aliphatic rings. The average molecular weight is 461 g/mol. The standard InChI is InChI=1S/C28H44O5/c1-5-6-7-8-9-10-11-12-13-14-15-16-17-18-19-20-22(29)24-23(30)21-28(2,3)25(26(24)31)27(32)33-4/h9-10,12-13,24-25H,5-8,11,14-21H2,1-4H3/b10-9-,13-12-. The van der Waals surface area contributed by atoms with Crippen molar-refractivity contribution in [3.8, 4) is 0 Å². The van der Waals surface area contributed by atoms with Gasteiger partial charge in [0.25, 0.3) is 0 Å². The molecule has 1 rings (SSSR count). The van der Waals surface area contributed by atoms with E-state index in [-0.39, 0.29) is 24.4 Å². The number of carbonyl (C=O) groups excluding carboxylic acids is 4. The Balaban J connectivity index is 2.24. The third-order valence-corrected chi connectivity index (χ3v) is 6.44. The minimum Gasteiger partial charge on any atom is -0.468 e. The average Bonchev–Trinajstić information content (AvgIpc) is 2.75. The number of ketones is 3. The van der Waals surface area contributed by atoms with E-state index in [0.29, 0.717) is 6.42 Å². The molecule has 0 aromatic rings. The van der Waals surface area contributed by atoms with E-state index in [1.54, 1.807) is 13.8 Å². The van der Waals surface area contributed by atoms with Crippen molar-refractivity contribution in [2.45, 2.75) is 104 Å². The quantitative estimate of drug-likeness (QED) is 0.116. The van der Waals surface area contributed by atoms with Crippen LogP contribution in [0, 0.1) is 17.3 Å². The van der Waals surface area contributed by atoms with E-state index in [4.69, 9.17) is 4.74 Å². The Hall–Kier alpha value is -2.04. The van der Waals surface area contributed by atoms with Gasteiger partial charge in [0.1, 0.15) is 11.8 Å². The van der Waals surface area contributed by atoms with Crippen molar-refractivity contribution in [3.05, 3.63) is 24.3 Å². The predicted octanol–water partition coefficient (Wildman–Crippen LogP) is 6.34. The van der Waals surface area contributed by atoms with Crippen LogP contribution < -0.4 is 0 Å². The Kier molecular flexibility index (Phi) is 13.8. The molecule has 0 aromatic carbocycles. The van der Waals surface area contributed by atoms with Crippen molar-refractivity contribution >= 4 is 23.3 Å². The number of esters is 1. The Labute approximate surface area is 200 Å². The molecule has 0 spiro atoms. The lowest BCUT2D eigenvalue weighted by molar-refractivity contribution is -0.161. The topological polar surface area (TPSA) is 77.5 Å². The van der Waals surface area contributed by atoms with Crippen LogP contribution in [0.5, 0.6) is 0 Å². The lowest BCUT2D eigenvalue weighted by atomic mass is 9.63. The summed E-state index contributed by atoms with van der Waals surface area (Å²) in [5.74, 6) is -4.31. The molecule has 0 aliphatic heterocycles. The molecule has 2 atom stereocenters. The second-order valence-electron chi connectivity index (χ2n) is 9.87. The lowest BCUT2D eigenvalue weighted by Crippen LogP contribution is -2.51. The summed E-state index contributed by atoms with van der Waals surface area (Å²) in [6, 6.07) is 0. The molecule has 0 bridgehead atoms. The van der Waals surface area contributed by atoms with E-state index in [1.807, 2.05) is 0 Å². The number of Topliss-reactive ketones (excluding diaryl/α,β-unsaturated/α-hetero) is 3. The van der Waals surface area contributed by atoms with E-state index in [0.717, 1.165) is 38.5 Å². The molecule has 5 heteroatoms.